The quantitative estimate of drug-likeness (QED) is 0.371. The standard InChI is InChI=1S/C22H14N4O5/c1-12-6-7-16-15(10-12)19(27)17-18(13-4-2-5-14(11-13)26(29)30)25(21(28)20(17)31-16)22-23-8-3-9-24-22/h2-11,18H,1H3. The first kappa shape index (κ1) is 18.6. The van der Waals surface area contributed by atoms with Gasteiger partial charge in [-0.05, 0) is 30.7 Å². The van der Waals surface area contributed by atoms with E-state index >= 15 is 0 Å². The maximum Gasteiger partial charge on any atom is 0.297 e. The molecule has 9 nitrogen and oxygen atoms in total. The third-order valence-corrected chi connectivity index (χ3v) is 5.19. The van der Waals surface area contributed by atoms with Crippen LogP contribution in [-0.4, -0.2) is 20.8 Å². The van der Waals surface area contributed by atoms with Gasteiger partial charge in [-0.2, -0.15) is 0 Å². The van der Waals surface area contributed by atoms with Crippen molar-refractivity contribution in [2.24, 2.45) is 0 Å². The van der Waals surface area contributed by atoms with E-state index in [1.807, 2.05) is 6.92 Å². The molecule has 0 aliphatic carbocycles. The lowest BCUT2D eigenvalue weighted by molar-refractivity contribution is -0.384. The van der Waals surface area contributed by atoms with Crippen LogP contribution in [-0.2, 0) is 0 Å². The molecule has 0 saturated heterocycles. The summed E-state index contributed by atoms with van der Waals surface area (Å²) < 4.78 is 5.85. The van der Waals surface area contributed by atoms with E-state index in [0.29, 0.717) is 10.9 Å². The summed E-state index contributed by atoms with van der Waals surface area (Å²) in [4.78, 5) is 47.2. The van der Waals surface area contributed by atoms with Crippen LogP contribution in [0.25, 0.3) is 11.0 Å². The lowest BCUT2D eigenvalue weighted by Gasteiger charge is -2.22. The second-order valence-corrected chi connectivity index (χ2v) is 7.15. The van der Waals surface area contributed by atoms with E-state index in [2.05, 4.69) is 9.97 Å². The van der Waals surface area contributed by atoms with Gasteiger partial charge in [0.1, 0.15) is 5.58 Å². The Morgan fingerprint density at radius 1 is 1.06 bits per heavy atom. The highest BCUT2D eigenvalue weighted by Gasteiger charge is 2.45. The minimum atomic E-state index is -0.967. The Hall–Kier alpha value is -4.40. The number of anilines is 1. The first-order valence-corrected chi connectivity index (χ1v) is 9.38. The van der Waals surface area contributed by atoms with Gasteiger partial charge in [-0.1, -0.05) is 23.8 Å². The summed E-state index contributed by atoms with van der Waals surface area (Å²) in [6.07, 6.45) is 2.94. The minimum Gasteiger partial charge on any atom is -0.450 e. The zero-order chi connectivity index (χ0) is 21.7. The molecule has 0 saturated carbocycles. The number of rotatable bonds is 3. The number of aromatic nitrogens is 2. The number of hydrogen-bond donors (Lipinski definition) is 0. The van der Waals surface area contributed by atoms with Crippen LogP contribution in [0.2, 0.25) is 0 Å². The van der Waals surface area contributed by atoms with Crippen LogP contribution >= 0.6 is 0 Å². The lowest BCUT2D eigenvalue weighted by Crippen LogP contribution is -2.31. The molecule has 9 heteroatoms. The van der Waals surface area contributed by atoms with Crippen LogP contribution in [0.3, 0.4) is 0 Å². The number of nitro groups is 1. The molecule has 0 spiro atoms. The Morgan fingerprint density at radius 2 is 1.84 bits per heavy atom. The third kappa shape index (κ3) is 2.86. The molecule has 2 aromatic heterocycles. The van der Waals surface area contributed by atoms with Crippen molar-refractivity contribution in [1.29, 1.82) is 0 Å². The summed E-state index contributed by atoms with van der Waals surface area (Å²) >= 11 is 0. The first-order valence-electron chi connectivity index (χ1n) is 9.38. The Bertz CT molecular complexity index is 1430. The molecule has 1 aliphatic rings. The molecule has 152 valence electrons. The largest absolute Gasteiger partial charge is 0.450 e. The van der Waals surface area contributed by atoms with Crippen LogP contribution in [0.5, 0.6) is 0 Å². The molecule has 5 rings (SSSR count). The van der Waals surface area contributed by atoms with Gasteiger partial charge in [0, 0.05) is 24.5 Å². The van der Waals surface area contributed by atoms with Crippen LogP contribution in [0.4, 0.5) is 11.6 Å². The van der Waals surface area contributed by atoms with Gasteiger partial charge in [-0.3, -0.25) is 24.6 Å². The van der Waals surface area contributed by atoms with Crippen molar-refractivity contribution in [3.8, 4) is 0 Å². The van der Waals surface area contributed by atoms with Gasteiger partial charge in [0.05, 0.1) is 21.9 Å². The number of amides is 1. The topological polar surface area (TPSA) is 119 Å². The summed E-state index contributed by atoms with van der Waals surface area (Å²) in [5.41, 5.74) is 1.11. The highest BCUT2D eigenvalue weighted by atomic mass is 16.6. The maximum absolute atomic E-state index is 13.5. The monoisotopic (exact) mass is 414 g/mol. The van der Waals surface area contributed by atoms with E-state index in [1.54, 1.807) is 30.3 Å². The van der Waals surface area contributed by atoms with Crippen molar-refractivity contribution in [1.82, 2.24) is 9.97 Å². The summed E-state index contributed by atoms with van der Waals surface area (Å²) in [5.74, 6) is -0.641. The van der Waals surface area contributed by atoms with Crippen molar-refractivity contribution in [3.05, 3.63) is 104 Å². The predicted octanol–water partition coefficient (Wildman–Crippen LogP) is 3.55. The summed E-state index contributed by atoms with van der Waals surface area (Å²) in [7, 11) is 0. The molecular weight excluding hydrogens is 400 g/mol. The average molecular weight is 414 g/mol. The smallest absolute Gasteiger partial charge is 0.297 e. The number of nitrogens with zero attached hydrogens (tertiary/aromatic N) is 4. The fraction of sp³-hybridized carbons (Fsp3) is 0.0909. The molecule has 0 bridgehead atoms. The van der Waals surface area contributed by atoms with E-state index in [9.17, 15) is 19.7 Å². The second kappa shape index (κ2) is 6.84. The van der Waals surface area contributed by atoms with Crippen LogP contribution < -0.4 is 10.3 Å². The van der Waals surface area contributed by atoms with E-state index < -0.39 is 16.9 Å². The van der Waals surface area contributed by atoms with Gasteiger partial charge < -0.3 is 4.42 Å². The Kier molecular flexibility index (Phi) is 4.11. The molecule has 1 aliphatic heterocycles. The third-order valence-electron chi connectivity index (χ3n) is 5.19. The van der Waals surface area contributed by atoms with Gasteiger partial charge in [0.2, 0.25) is 11.7 Å². The van der Waals surface area contributed by atoms with Crippen molar-refractivity contribution < 1.29 is 14.1 Å². The zero-order valence-electron chi connectivity index (χ0n) is 16.2. The van der Waals surface area contributed by atoms with Crippen LogP contribution in [0, 0.1) is 17.0 Å². The summed E-state index contributed by atoms with van der Waals surface area (Å²) in [6, 6.07) is 11.6. The van der Waals surface area contributed by atoms with Crippen molar-refractivity contribution in [2.45, 2.75) is 13.0 Å². The number of aryl methyl sites for hydroxylation is 1. The predicted molar refractivity (Wildman–Crippen MR) is 111 cm³/mol. The Morgan fingerprint density at radius 3 is 2.58 bits per heavy atom. The number of carbonyl (C=O) groups excluding carboxylic acids is 1. The molecule has 2 aromatic carbocycles. The van der Waals surface area contributed by atoms with E-state index in [-0.39, 0.29) is 34.0 Å². The lowest BCUT2D eigenvalue weighted by atomic mass is 9.98. The normalized spacial score (nSPS) is 15.3. The number of carbonyl (C=O) groups is 1. The second-order valence-electron chi connectivity index (χ2n) is 7.15. The van der Waals surface area contributed by atoms with E-state index in [0.717, 1.165) is 5.56 Å². The highest BCUT2D eigenvalue weighted by Crippen LogP contribution is 2.40. The fourth-order valence-electron chi connectivity index (χ4n) is 3.83. The summed E-state index contributed by atoms with van der Waals surface area (Å²) in [6.45, 7) is 1.85. The molecule has 1 amide bonds. The molecule has 0 fully saturated rings. The van der Waals surface area contributed by atoms with Crippen molar-refractivity contribution in [3.63, 3.8) is 0 Å². The molecule has 0 N–H and O–H groups in total. The van der Waals surface area contributed by atoms with Crippen molar-refractivity contribution in [2.75, 3.05) is 4.90 Å². The van der Waals surface area contributed by atoms with Gasteiger partial charge in [-0.25, -0.2) is 9.97 Å². The first-order chi connectivity index (χ1) is 15.0. The van der Waals surface area contributed by atoms with Gasteiger partial charge in [-0.15, -0.1) is 0 Å². The molecular formula is C22H14N4O5. The van der Waals surface area contributed by atoms with Crippen molar-refractivity contribution >= 4 is 28.5 Å². The van der Waals surface area contributed by atoms with Gasteiger partial charge in [0.15, 0.2) is 5.43 Å². The molecule has 4 aromatic rings. The molecule has 1 atom stereocenters. The number of benzene rings is 2. The molecule has 31 heavy (non-hydrogen) atoms. The van der Waals surface area contributed by atoms with Gasteiger partial charge in [0.25, 0.3) is 11.6 Å². The fourth-order valence-corrected chi connectivity index (χ4v) is 3.83. The number of fused-ring (bicyclic) bond motifs is 2. The van der Waals surface area contributed by atoms with E-state index in [4.69, 9.17) is 4.42 Å². The summed E-state index contributed by atoms with van der Waals surface area (Å²) in [5, 5.41) is 11.7. The minimum absolute atomic E-state index is 0.0649. The average Bonchev–Trinajstić information content (AvgIpc) is 3.07. The number of hydrogen-bond acceptors (Lipinski definition) is 7. The Labute approximate surface area is 174 Å². The maximum atomic E-state index is 13.5. The zero-order valence-corrected chi connectivity index (χ0v) is 16.2. The van der Waals surface area contributed by atoms with Crippen LogP contribution in [0.1, 0.15) is 33.3 Å². The highest BCUT2D eigenvalue weighted by molar-refractivity contribution is 6.09. The Balaban J connectivity index is 1.83. The number of non-ortho nitro benzene ring substituents is 1. The molecule has 3 heterocycles. The van der Waals surface area contributed by atoms with Crippen LogP contribution in [0.15, 0.2) is 70.1 Å². The molecule has 1 unspecified atom stereocenters. The number of nitro benzene ring substituents is 1. The van der Waals surface area contributed by atoms with Gasteiger partial charge >= 0.3 is 0 Å². The van der Waals surface area contributed by atoms with E-state index in [1.165, 1.54) is 35.5 Å². The SMILES string of the molecule is Cc1ccc2oc3c(c(=O)c2c1)C(c1cccc([N+](=O)[O-])c1)N(c1ncccn1)C3=O. The molecule has 0 radical (unpaired) electrons.